The average molecular weight is 332 g/mol. The van der Waals surface area contributed by atoms with Gasteiger partial charge in [-0.1, -0.05) is 43.5 Å². The minimum atomic E-state index is -0.273. The van der Waals surface area contributed by atoms with Crippen LogP contribution in [-0.2, 0) is 4.79 Å². The van der Waals surface area contributed by atoms with Crippen molar-refractivity contribution in [2.24, 2.45) is 5.92 Å². The SMILES string of the molecule is CCC(C)CN(C)C(C)C(=O)Nc1c(N)cc(Cl)cc1Cl. The van der Waals surface area contributed by atoms with Crippen molar-refractivity contribution in [2.75, 3.05) is 24.6 Å². The lowest BCUT2D eigenvalue weighted by molar-refractivity contribution is -0.120. The van der Waals surface area contributed by atoms with Gasteiger partial charge in [0.25, 0.3) is 0 Å². The Balaban J connectivity index is 2.77. The first-order valence-corrected chi connectivity index (χ1v) is 7.77. The summed E-state index contributed by atoms with van der Waals surface area (Å²) in [5.74, 6) is 0.395. The first-order chi connectivity index (χ1) is 9.76. The third kappa shape index (κ3) is 5.06. The minimum absolute atomic E-state index is 0.142. The van der Waals surface area contributed by atoms with Gasteiger partial charge in [0.1, 0.15) is 0 Å². The van der Waals surface area contributed by atoms with E-state index in [2.05, 4.69) is 19.2 Å². The number of anilines is 2. The van der Waals surface area contributed by atoms with E-state index in [0.29, 0.717) is 27.3 Å². The van der Waals surface area contributed by atoms with Gasteiger partial charge < -0.3 is 11.1 Å². The van der Waals surface area contributed by atoms with E-state index in [-0.39, 0.29) is 11.9 Å². The predicted octanol–water partition coefficient (Wildman–Crippen LogP) is 3.88. The normalized spacial score (nSPS) is 14.0. The number of carbonyl (C=O) groups excluding carboxylic acids is 1. The number of nitrogen functional groups attached to an aromatic ring is 1. The van der Waals surface area contributed by atoms with Gasteiger partial charge in [0.2, 0.25) is 5.91 Å². The smallest absolute Gasteiger partial charge is 0.241 e. The van der Waals surface area contributed by atoms with Crippen LogP contribution in [0.1, 0.15) is 27.2 Å². The van der Waals surface area contributed by atoms with E-state index in [0.717, 1.165) is 13.0 Å². The fourth-order valence-electron chi connectivity index (χ4n) is 1.93. The van der Waals surface area contributed by atoms with Gasteiger partial charge in [-0.2, -0.15) is 0 Å². The highest BCUT2D eigenvalue weighted by Gasteiger charge is 2.21. The van der Waals surface area contributed by atoms with Gasteiger partial charge in [0.05, 0.1) is 22.4 Å². The van der Waals surface area contributed by atoms with E-state index < -0.39 is 0 Å². The van der Waals surface area contributed by atoms with Crippen LogP contribution in [-0.4, -0.2) is 30.4 Å². The molecule has 6 heteroatoms. The Morgan fingerprint density at radius 2 is 2.00 bits per heavy atom. The molecule has 0 saturated heterocycles. The van der Waals surface area contributed by atoms with Gasteiger partial charge in [0, 0.05) is 11.6 Å². The number of hydrogen-bond acceptors (Lipinski definition) is 3. The third-order valence-corrected chi connectivity index (χ3v) is 4.19. The number of benzene rings is 1. The van der Waals surface area contributed by atoms with E-state index in [1.54, 1.807) is 12.1 Å². The van der Waals surface area contributed by atoms with Crippen LogP contribution in [0, 0.1) is 5.92 Å². The number of hydrogen-bond donors (Lipinski definition) is 2. The van der Waals surface area contributed by atoms with E-state index in [1.165, 1.54) is 0 Å². The average Bonchev–Trinajstić information content (AvgIpc) is 2.41. The Hall–Kier alpha value is -0.970. The Labute approximate surface area is 136 Å². The summed E-state index contributed by atoms with van der Waals surface area (Å²) in [7, 11) is 1.93. The Morgan fingerprint density at radius 1 is 1.38 bits per heavy atom. The standard InChI is InChI=1S/C15H23Cl2N3O/c1-5-9(2)8-20(4)10(3)15(21)19-14-12(17)6-11(16)7-13(14)18/h6-7,9-10H,5,8,18H2,1-4H3,(H,19,21). The van der Waals surface area contributed by atoms with Crippen LogP contribution in [0.3, 0.4) is 0 Å². The molecule has 0 radical (unpaired) electrons. The summed E-state index contributed by atoms with van der Waals surface area (Å²) in [5.41, 5.74) is 6.62. The number of nitrogens with one attached hydrogen (secondary N) is 1. The van der Waals surface area contributed by atoms with Crippen molar-refractivity contribution in [3.8, 4) is 0 Å². The fourth-order valence-corrected chi connectivity index (χ4v) is 2.49. The van der Waals surface area contributed by atoms with Gasteiger partial charge in [-0.15, -0.1) is 0 Å². The molecule has 2 unspecified atom stereocenters. The van der Waals surface area contributed by atoms with Crippen LogP contribution in [0.5, 0.6) is 0 Å². The second-order valence-corrected chi connectivity index (χ2v) is 6.31. The topological polar surface area (TPSA) is 58.4 Å². The van der Waals surface area contributed by atoms with Crippen LogP contribution < -0.4 is 11.1 Å². The van der Waals surface area contributed by atoms with E-state index in [1.807, 2.05) is 18.9 Å². The Kier molecular flexibility index (Phi) is 6.78. The second kappa shape index (κ2) is 7.87. The molecular formula is C15H23Cl2N3O. The summed E-state index contributed by atoms with van der Waals surface area (Å²) < 4.78 is 0. The summed E-state index contributed by atoms with van der Waals surface area (Å²) >= 11 is 11.9. The van der Waals surface area contributed by atoms with Crippen LogP contribution in [0.25, 0.3) is 0 Å². The number of likely N-dealkylation sites (N-methyl/N-ethyl adjacent to an activating group) is 1. The van der Waals surface area contributed by atoms with Crippen LogP contribution in [0.15, 0.2) is 12.1 Å². The summed E-state index contributed by atoms with van der Waals surface area (Å²) in [6.45, 7) is 7.01. The van der Waals surface area contributed by atoms with Crippen molar-refractivity contribution in [1.82, 2.24) is 4.90 Å². The first kappa shape index (κ1) is 18.1. The fraction of sp³-hybridized carbons (Fsp3) is 0.533. The number of nitrogens with zero attached hydrogens (tertiary/aromatic N) is 1. The van der Waals surface area contributed by atoms with Crippen LogP contribution in [0.2, 0.25) is 10.0 Å². The van der Waals surface area contributed by atoms with Gasteiger partial charge in [-0.05, 0) is 32.0 Å². The molecular weight excluding hydrogens is 309 g/mol. The zero-order chi connectivity index (χ0) is 16.2. The minimum Gasteiger partial charge on any atom is -0.397 e. The molecule has 1 rings (SSSR count). The van der Waals surface area contributed by atoms with Crippen molar-refractivity contribution in [3.63, 3.8) is 0 Å². The molecule has 3 N–H and O–H groups in total. The van der Waals surface area contributed by atoms with Gasteiger partial charge >= 0.3 is 0 Å². The van der Waals surface area contributed by atoms with Crippen molar-refractivity contribution in [2.45, 2.75) is 33.2 Å². The monoisotopic (exact) mass is 331 g/mol. The van der Waals surface area contributed by atoms with Crippen molar-refractivity contribution < 1.29 is 4.79 Å². The number of nitrogens with two attached hydrogens (primary N) is 1. The molecule has 1 aromatic rings. The van der Waals surface area contributed by atoms with Crippen LogP contribution in [0.4, 0.5) is 11.4 Å². The molecule has 0 aliphatic carbocycles. The maximum atomic E-state index is 12.3. The second-order valence-electron chi connectivity index (χ2n) is 5.47. The maximum Gasteiger partial charge on any atom is 0.241 e. The predicted molar refractivity (Wildman–Crippen MR) is 91.1 cm³/mol. The lowest BCUT2D eigenvalue weighted by Gasteiger charge is -2.26. The first-order valence-electron chi connectivity index (χ1n) is 7.01. The molecule has 1 aromatic carbocycles. The molecule has 0 heterocycles. The van der Waals surface area contributed by atoms with E-state index in [4.69, 9.17) is 28.9 Å². The number of rotatable bonds is 6. The molecule has 21 heavy (non-hydrogen) atoms. The van der Waals surface area contributed by atoms with Crippen molar-refractivity contribution >= 4 is 40.5 Å². The Morgan fingerprint density at radius 3 is 2.52 bits per heavy atom. The summed E-state index contributed by atoms with van der Waals surface area (Å²) in [6, 6.07) is 2.85. The lowest BCUT2D eigenvalue weighted by Crippen LogP contribution is -2.41. The zero-order valence-corrected chi connectivity index (χ0v) is 14.4. The zero-order valence-electron chi connectivity index (χ0n) is 12.9. The molecule has 1 amide bonds. The van der Waals surface area contributed by atoms with E-state index >= 15 is 0 Å². The molecule has 118 valence electrons. The van der Waals surface area contributed by atoms with Gasteiger partial charge in [-0.3, -0.25) is 9.69 Å². The highest BCUT2D eigenvalue weighted by Crippen LogP contribution is 2.32. The quantitative estimate of drug-likeness (QED) is 0.777. The molecule has 0 aliphatic rings. The summed E-state index contributed by atoms with van der Waals surface area (Å²) in [4.78, 5) is 14.3. The van der Waals surface area contributed by atoms with Crippen LogP contribution >= 0.6 is 23.2 Å². The van der Waals surface area contributed by atoms with Gasteiger partial charge in [-0.25, -0.2) is 0 Å². The summed E-state index contributed by atoms with van der Waals surface area (Å²) in [6.07, 6.45) is 1.08. The number of halogens is 2. The van der Waals surface area contributed by atoms with Crippen molar-refractivity contribution in [3.05, 3.63) is 22.2 Å². The molecule has 0 saturated carbocycles. The molecule has 0 aliphatic heterocycles. The highest BCUT2D eigenvalue weighted by molar-refractivity contribution is 6.37. The molecule has 0 bridgehead atoms. The Bertz CT molecular complexity index is 485. The third-order valence-electron chi connectivity index (χ3n) is 3.67. The maximum absolute atomic E-state index is 12.3. The largest absolute Gasteiger partial charge is 0.397 e. The number of amides is 1. The molecule has 0 fully saturated rings. The molecule has 4 nitrogen and oxygen atoms in total. The molecule has 0 spiro atoms. The molecule has 0 aromatic heterocycles. The summed E-state index contributed by atoms with van der Waals surface area (Å²) in [5, 5.41) is 3.56. The highest BCUT2D eigenvalue weighted by atomic mass is 35.5. The lowest BCUT2D eigenvalue weighted by atomic mass is 10.1. The van der Waals surface area contributed by atoms with Gasteiger partial charge in [0.15, 0.2) is 0 Å². The molecule has 2 atom stereocenters. The van der Waals surface area contributed by atoms with Crippen molar-refractivity contribution in [1.29, 1.82) is 0 Å². The number of carbonyl (C=O) groups is 1. The van der Waals surface area contributed by atoms with E-state index in [9.17, 15) is 4.79 Å².